The predicted molar refractivity (Wildman–Crippen MR) is 142 cm³/mol. The van der Waals surface area contributed by atoms with Crippen LogP contribution in [0.15, 0.2) is 54.6 Å². The van der Waals surface area contributed by atoms with E-state index in [-0.39, 0.29) is 26.0 Å². The Kier molecular flexibility index (Phi) is 9.53. The van der Waals surface area contributed by atoms with E-state index in [1.54, 1.807) is 0 Å². The van der Waals surface area contributed by atoms with Crippen LogP contribution in [0.1, 0.15) is 45.2 Å². The molecule has 0 unspecified atom stereocenters. The van der Waals surface area contributed by atoms with Crippen molar-refractivity contribution in [3.63, 3.8) is 0 Å². The van der Waals surface area contributed by atoms with Crippen molar-refractivity contribution in [1.82, 2.24) is 10.6 Å². The molecular weight excluding hydrogens is 489 g/mol. The van der Waals surface area contributed by atoms with E-state index >= 15 is 0 Å². The second-order valence-corrected chi connectivity index (χ2v) is 10.4. The molecule has 0 saturated carbocycles. The largest absolute Gasteiger partial charge is 0.494 e. The van der Waals surface area contributed by atoms with Gasteiger partial charge in [-0.1, -0.05) is 54.6 Å². The Morgan fingerprint density at radius 2 is 1.58 bits per heavy atom. The molecule has 3 amide bonds. The van der Waals surface area contributed by atoms with Gasteiger partial charge in [-0.3, -0.25) is 9.59 Å². The molecule has 38 heavy (non-hydrogen) atoms. The number of rotatable bonds is 11. The lowest BCUT2D eigenvalue weighted by atomic mass is 9.78. The van der Waals surface area contributed by atoms with Gasteiger partial charge in [-0.25, -0.2) is 4.79 Å². The molecule has 1 heterocycles. The Labute approximate surface area is 223 Å². The van der Waals surface area contributed by atoms with E-state index in [4.69, 9.17) is 19.8 Å². The van der Waals surface area contributed by atoms with Crippen LogP contribution < -0.4 is 21.8 Å². The molecule has 1 fully saturated rings. The first kappa shape index (κ1) is 29.2. The van der Waals surface area contributed by atoms with Gasteiger partial charge in [-0.05, 0) is 44.3 Å². The maximum absolute atomic E-state index is 12.4. The topological polar surface area (TPSA) is 149 Å². The van der Waals surface area contributed by atoms with Crippen molar-refractivity contribution in [2.45, 2.75) is 70.5 Å². The van der Waals surface area contributed by atoms with Gasteiger partial charge in [0.2, 0.25) is 11.8 Å². The van der Waals surface area contributed by atoms with Crippen LogP contribution in [0.3, 0.4) is 0 Å². The van der Waals surface area contributed by atoms with Gasteiger partial charge < -0.3 is 35.5 Å². The van der Waals surface area contributed by atoms with Gasteiger partial charge in [0.15, 0.2) is 0 Å². The predicted octanol–water partition coefficient (Wildman–Crippen LogP) is 1.18. The second-order valence-electron chi connectivity index (χ2n) is 10.4. The smallest absolute Gasteiger partial charge is 0.445 e. The maximum atomic E-state index is 12.4. The standard InChI is InChI=1S/C27H36BN3O7/c1-26(2)27(3,4)38-28(37-26)20-12-10-18(11-13-20)14-22(24(29)34)31-23(33)15-21(32)16-30-25(35)36-17-19-8-6-5-7-9-19/h5-13,21-22,32H,14-17H2,1-4H3,(H2,29,34)(H,30,35)(H,31,33)/t21-,22-/m0/s1. The van der Waals surface area contributed by atoms with Crippen molar-refractivity contribution in [3.8, 4) is 0 Å². The van der Waals surface area contributed by atoms with Crippen molar-refractivity contribution in [2.75, 3.05) is 6.54 Å². The summed E-state index contributed by atoms with van der Waals surface area (Å²) in [6.45, 7) is 7.81. The van der Waals surface area contributed by atoms with E-state index in [2.05, 4.69) is 10.6 Å². The molecule has 5 N–H and O–H groups in total. The Hall–Kier alpha value is -3.41. The van der Waals surface area contributed by atoms with Crippen molar-refractivity contribution >= 4 is 30.5 Å². The van der Waals surface area contributed by atoms with Crippen molar-refractivity contribution in [2.24, 2.45) is 5.73 Å². The van der Waals surface area contributed by atoms with Crippen molar-refractivity contribution in [3.05, 3.63) is 65.7 Å². The quantitative estimate of drug-likeness (QED) is 0.322. The molecule has 2 atom stereocenters. The third kappa shape index (κ3) is 8.05. The third-order valence-corrected chi connectivity index (χ3v) is 6.74. The van der Waals surface area contributed by atoms with E-state index in [1.807, 2.05) is 82.3 Å². The van der Waals surface area contributed by atoms with Crippen LogP contribution in [0.25, 0.3) is 0 Å². The molecule has 0 aliphatic carbocycles. The highest BCUT2D eigenvalue weighted by Gasteiger charge is 2.51. The molecule has 1 aliphatic rings. The van der Waals surface area contributed by atoms with Gasteiger partial charge in [0, 0.05) is 13.0 Å². The number of aliphatic hydroxyl groups excluding tert-OH is 1. The molecule has 2 aromatic rings. The SMILES string of the molecule is CC1(C)OB(c2ccc(C[C@H](NC(=O)C[C@H](O)CNC(=O)OCc3ccccc3)C(N)=O)cc2)OC1(C)C. The molecule has 11 heteroatoms. The number of ether oxygens (including phenoxy) is 1. The van der Waals surface area contributed by atoms with E-state index in [9.17, 15) is 19.5 Å². The summed E-state index contributed by atoms with van der Waals surface area (Å²) in [4.78, 5) is 36.2. The number of carbonyl (C=O) groups is 3. The number of benzene rings is 2. The molecule has 0 aromatic heterocycles. The van der Waals surface area contributed by atoms with Crippen LogP contribution in [-0.4, -0.2) is 60.0 Å². The van der Waals surface area contributed by atoms with Gasteiger partial charge in [-0.15, -0.1) is 0 Å². The summed E-state index contributed by atoms with van der Waals surface area (Å²) in [6, 6.07) is 15.5. The minimum atomic E-state index is -1.17. The summed E-state index contributed by atoms with van der Waals surface area (Å²) in [5.41, 5.74) is 7.02. The fourth-order valence-electron chi connectivity index (χ4n) is 3.76. The fraction of sp³-hybridized carbons (Fsp3) is 0.444. The number of amides is 3. The van der Waals surface area contributed by atoms with Gasteiger partial charge in [-0.2, -0.15) is 0 Å². The zero-order valence-corrected chi connectivity index (χ0v) is 22.2. The lowest BCUT2D eigenvalue weighted by Crippen LogP contribution is -2.47. The van der Waals surface area contributed by atoms with Crippen LogP contribution in [0.2, 0.25) is 0 Å². The molecule has 1 aliphatic heterocycles. The molecule has 204 valence electrons. The summed E-state index contributed by atoms with van der Waals surface area (Å²) in [5, 5.41) is 15.1. The monoisotopic (exact) mass is 525 g/mol. The van der Waals surface area contributed by atoms with Crippen LogP contribution in [0, 0.1) is 0 Å². The van der Waals surface area contributed by atoms with Gasteiger partial charge >= 0.3 is 13.2 Å². The molecule has 2 aromatic carbocycles. The minimum absolute atomic E-state index is 0.0845. The molecule has 0 radical (unpaired) electrons. The molecule has 0 spiro atoms. The Morgan fingerprint density at radius 1 is 0.974 bits per heavy atom. The number of carbonyl (C=O) groups excluding carboxylic acids is 3. The van der Waals surface area contributed by atoms with Crippen LogP contribution in [0.5, 0.6) is 0 Å². The van der Waals surface area contributed by atoms with Gasteiger partial charge in [0.1, 0.15) is 12.6 Å². The van der Waals surface area contributed by atoms with Gasteiger partial charge in [0.25, 0.3) is 0 Å². The molecular formula is C27H36BN3O7. The average Bonchev–Trinajstić information content (AvgIpc) is 3.08. The van der Waals surface area contributed by atoms with E-state index in [1.165, 1.54) is 0 Å². The average molecular weight is 525 g/mol. The summed E-state index contributed by atoms with van der Waals surface area (Å²) in [5.74, 6) is -1.28. The lowest BCUT2D eigenvalue weighted by molar-refractivity contribution is -0.128. The number of hydrogen-bond donors (Lipinski definition) is 4. The zero-order valence-electron chi connectivity index (χ0n) is 22.2. The third-order valence-electron chi connectivity index (χ3n) is 6.74. The first-order valence-corrected chi connectivity index (χ1v) is 12.5. The van der Waals surface area contributed by atoms with E-state index < -0.39 is 48.4 Å². The number of hydrogen-bond acceptors (Lipinski definition) is 7. The summed E-state index contributed by atoms with van der Waals surface area (Å²) < 4.78 is 17.2. The van der Waals surface area contributed by atoms with E-state index in [0.29, 0.717) is 0 Å². The molecule has 3 rings (SSSR count). The number of nitrogens with two attached hydrogens (primary N) is 1. The zero-order chi connectivity index (χ0) is 27.9. The van der Waals surface area contributed by atoms with Crippen molar-refractivity contribution < 1.29 is 33.5 Å². The second kappa shape index (κ2) is 12.4. The summed E-state index contributed by atoms with van der Waals surface area (Å²) >= 11 is 0. The van der Waals surface area contributed by atoms with Gasteiger partial charge in [0.05, 0.1) is 23.7 Å². The highest BCUT2D eigenvalue weighted by molar-refractivity contribution is 6.62. The van der Waals surface area contributed by atoms with E-state index in [0.717, 1.165) is 16.6 Å². The number of alkyl carbamates (subject to hydrolysis) is 1. The number of aliphatic hydroxyl groups is 1. The normalized spacial score (nSPS) is 17.3. The molecule has 1 saturated heterocycles. The Morgan fingerprint density at radius 3 is 2.16 bits per heavy atom. The number of nitrogens with one attached hydrogen (secondary N) is 2. The number of primary amides is 1. The highest BCUT2D eigenvalue weighted by atomic mass is 16.7. The Balaban J connectivity index is 1.44. The fourth-order valence-corrected chi connectivity index (χ4v) is 3.76. The first-order valence-electron chi connectivity index (χ1n) is 12.5. The van der Waals surface area contributed by atoms with Crippen molar-refractivity contribution in [1.29, 1.82) is 0 Å². The van der Waals surface area contributed by atoms with Crippen LogP contribution in [0.4, 0.5) is 4.79 Å². The summed E-state index contributed by atoms with van der Waals surface area (Å²) in [6.07, 6.45) is -2.05. The minimum Gasteiger partial charge on any atom is -0.445 e. The summed E-state index contributed by atoms with van der Waals surface area (Å²) in [7, 11) is -0.508. The molecule has 10 nitrogen and oxygen atoms in total. The lowest BCUT2D eigenvalue weighted by Gasteiger charge is -2.32. The first-order chi connectivity index (χ1) is 17.9. The highest BCUT2D eigenvalue weighted by Crippen LogP contribution is 2.36. The van der Waals surface area contributed by atoms with Crippen LogP contribution in [-0.2, 0) is 36.7 Å². The Bertz CT molecular complexity index is 1090. The molecule has 0 bridgehead atoms. The van der Waals surface area contributed by atoms with Crippen LogP contribution >= 0.6 is 0 Å². The maximum Gasteiger partial charge on any atom is 0.494 e.